The summed E-state index contributed by atoms with van der Waals surface area (Å²) < 4.78 is 34.0. The van der Waals surface area contributed by atoms with Crippen molar-refractivity contribution in [3.05, 3.63) is 47.0 Å². The Hall–Kier alpha value is -2.16. The zero-order valence-electron chi connectivity index (χ0n) is 24.9. The highest BCUT2D eigenvalue weighted by Gasteiger charge is 2.18. The number of anilines is 1. The van der Waals surface area contributed by atoms with E-state index in [-0.39, 0.29) is 37.0 Å². The Bertz CT molecular complexity index is 1290. The fourth-order valence-corrected chi connectivity index (χ4v) is 8.09. The van der Waals surface area contributed by atoms with Gasteiger partial charge < -0.3 is 25.6 Å². The number of ether oxygens (including phenoxy) is 1. The molecular weight excluding hydrogens is 618 g/mol. The van der Waals surface area contributed by atoms with Crippen molar-refractivity contribution in [1.29, 1.82) is 0 Å². The predicted molar refractivity (Wildman–Crippen MR) is 179 cm³/mol. The molecule has 0 saturated carbocycles. The van der Waals surface area contributed by atoms with Crippen LogP contribution >= 0.6 is 34.0 Å². The van der Waals surface area contributed by atoms with Crippen LogP contribution in [-0.4, -0.2) is 78.0 Å². The van der Waals surface area contributed by atoms with Gasteiger partial charge in [-0.25, -0.2) is 17.9 Å². The number of carbonyl (C=O) groups is 2. The maximum atomic E-state index is 13.0. The van der Waals surface area contributed by atoms with Crippen LogP contribution < -0.4 is 20.7 Å². The van der Waals surface area contributed by atoms with Gasteiger partial charge in [-0.15, -0.1) is 12.4 Å². The normalized spacial score (nSPS) is 12.6. The molecule has 0 aliphatic heterocycles. The molecule has 0 saturated heterocycles. The Kier molecular flexibility index (Phi) is 17.3. The molecule has 1 unspecified atom stereocenters. The van der Waals surface area contributed by atoms with E-state index in [4.69, 9.17) is 10.5 Å². The number of rotatable bonds is 18. The van der Waals surface area contributed by atoms with Gasteiger partial charge in [0.05, 0.1) is 11.5 Å². The number of benzene rings is 2. The minimum absolute atomic E-state index is 0. The molecule has 0 radical (unpaired) electrons. The number of hydrogen-bond acceptors (Lipinski definition) is 9. The first-order valence-electron chi connectivity index (χ1n) is 13.6. The number of carbonyl (C=O) groups excluding carboxylic acids is 2. The van der Waals surface area contributed by atoms with Crippen LogP contribution in [0.5, 0.6) is 0 Å². The SMILES string of the molecule is CCCC(C)SS/C(CCOC(=O)NCCNS(=O)(=O)c1cccc2c(N(C)C)cccc12)=C(/C)N(C=O)CCN.Cl. The Morgan fingerprint density at radius 1 is 1.14 bits per heavy atom. The predicted octanol–water partition coefficient (Wildman–Crippen LogP) is 4.94. The van der Waals surface area contributed by atoms with Gasteiger partial charge in [-0.05, 0) is 25.5 Å². The summed E-state index contributed by atoms with van der Waals surface area (Å²) in [5, 5.41) is 4.48. The Labute approximate surface area is 264 Å². The van der Waals surface area contributed by atoms with E-state index in [1.807, 2.05) is 44.1 Å². The molecule has 10 nitrogen and oxygen atoms in total. The average molecular weight is 662 g/mol. The molecule has 0 aromatic heterocycles. The van der Waals surface area contributed by atoms with Crippen molar-refractivity contribution in [3.63, 3.8) is 0 Å². The lowest BCUT2D eigenvalue weighted by atomic mass is 10.1. The third-order valence-corrected chi connectivity index (χ3v) is 11.0. The molecule has 0 fully saturated rings. The number of nitrogens with one attached hydrogen (secondary N) is 2. The Morgan fingerprint density at radius 2 is 1.83 bits per heavy atom. The highest BCUT2D eigenvalue weighted by Crippen LogP contribution is 2.39. The van der Waals surface area contributed by atoms with Gasteiger partial charge in [0.1, 0.15) is 0 Å². The number of nitrogens with two attached hydrogens (primary N) is 1. The van der Waals surface area contributed by atoms with Crippen molar-refractivity contribution in [3.8, 4) is 0 Å². The van der Waals surface area contributed by atoms with Crippen LogP contribution in [0.15, 0.2) is 51.9 Å². The van der Waals surface area contributed by atoms with Crippen LogP contribution in [0.4, 0.5) is 10.5 Å². The summed E-state index contributed by atoms with van der Waals surface area (Å²) in [4.78, 5) is 28.5. The smallest absolute Gasteiger partial charge is 0.407 e. The van der Waals surface area contributed by atoms with Gasteiger partial charge in [-0.1, -0.05) is 66.1 Å². The summed E-state index contributed by atoms with van der Waals surface area (Å²) in [6, 6.07) is 10.7. The molecule has 14 heteroatoms. The lowest BCUT2D eigenvalue weighted by Gasteiger charge is -2.21. The standard InChI is InChI=1S/C28H43N5O5S3.ClH/c1-6-9-21(2)39-40-26(22(3)33(20-34)18-15-29)14-19-38-28(35)30-16-17-31-41(36,37)27-13-8-10-23-24(27)11-7-12-25(23)32(4)5;/h7-8,10-13,20-21,31H,6,9,14-19,29H2,1-5H3,(H,30,35);1H/b26-22-;. The Balaban J connectivity index is 0.00000882. The summed E-state index contributed by atoms with van der Waals surface area (Å²) in [7, 11) is 3.31. The molecule has 236 valence electrons. The van der Waals surface area contributed by atoms with E-state index in [0.29, 0.717) is 30.1 Å². The molecular formula is C28H44ClN5O5S3. The fraction of sp³-hybridized carbons (Fsp3) is 0.500. The molecule has 2 aromatic rings. The minimum Gasteiger partial charge on any atom is -0.449 e. The van der Waals surface area contributed by atoms with Crippen LogP contribution in [0, 0.1) is 0 Å². The molecule has 4 N–H and O–H groups in total. The van der Waals surface area contributed by atoms with Crippen LogP contribution in [-0.2, 0) is 19.6 Å². The van der Waals surface area contributed by atoms with Crippen molar-refractivity contribution in [2.24, 2.45) is 5.73 Å². The lowest BCUT2D eigenvalue weighted by Crippen LogP contribution is -2.35. The third kappa shape index (κ3) is 11.5. The first kappa shape index (κ1) is 37.9. The van der Waals surface area contributed by atoms with Crippen LogP contribution in [0.1, 0.15) is 40.0 Å². The average Bonchev–Trinajstić information content (AvgIpc) is 2.94. The maximum absolute atomic E-state index is 13.0. The highest BCUT2D eigenvalue weighted by atomic mass is 35.5. The van der Waals surface area contributed by atoms with E-state index in [1.165, 1.54) is 0 Å². The summed E-state index contributed by atoms with van der Waals surface area (Å²) in [5.74, 6) is 0. The molecule has 1 atom stereocenters. The van der Waals surface area contributed by atoms with E-state index < -0.39 is 16.1 Å². The number of allylic oxidation sites excluding steroid dienone is 1. The first-order valence-corrected chi connectivity index (χ1v) is 17.3. The molecule has 0 aliphatic carbocycles. The van der Waals surface area contributed by atoms with Crippen LogP contribution in [0.25, 0.3) is 10.8 Å². The van der Waals surface area contributed by atoms with Crippen molar-refractivity contribution in [2.45, 2.75) is 50.2 Å². The topological polar surface area (TPSA) is 134 Å². The van der Waals surface area contributed by atoms with Gasteiger partial charge in [0.25, 0.3) is 0 Å². The largest absolute Gasteiger partial charge is 0.449 e. The summed E-state index contributed by atoms with van der Waals surface area (Å²) in [5.41, 5.74) is 7.35. The lowest BCUT2D eigenvalue weighted by molar-refractivity contribution is -0.116. The van der Waals surface area contributed by atoms with E-state index in [9.17, 15) is 18.0 Å². The van der Waals surface area contributed by atoms with Crippen molar-refractivity contribution < 1.29 is 22.7 Å². The number of alkyl carbamates (subject to hydrolysis) is 1. The monoisotopic (exact) mass is 661 g/mol. The van der Waals surface area contributed by atoms with E-state index in [2.05, 4.69) is 23.9 Å². The molecule has 2 rings (SSSR count). The summed E-state index contributed by atoms with van der Waals surface area (Å²) in [6.45, 7) is 7.07. The molecule has 2 aromatic carbocycles. The molecule has 0 bridgehead atoms. The van der Waals surface area contributed by atoms with Crippen molar-refractivity contribution in [2.75, 3.05) is 51.8 Å². The zero-order chi connectivity index (χ0) is 30.4. The van der Waals surface area contributed by atoms with E-state index in [0.717, 1.165) is 40.9 Å². The second kappa shape index (κ2) is 19.2. The third-order valence-electron chi connectivity index (χ3n) is 6.22. The fourth-order valence-electron chi connectivity index (χ4n) is 4.08. The van der Waals surface area contributed by atoms with Gasteiger partial charge in [-0.3, -0.25) is 4.79 Å². The second-order valence-corrected chi connectivity index (χ2v) is 14.1. The quantitative estimate of drug-likeness (QED) is 0.115. The maximum Gasteiger partial charge on any atom is 0.407 e. The van der Waals surface area contributed by atoms with Gasteiger partial charge >= 0.3 is 6.09 Å². The molecule has 0 heterocycles. The summed E-state index contributed by atoms with van der Waals surface area (Å²) >= 11 is 0. The summed E-state index contributed by atoms with van der Waals surface area (Å²) in [6.07, 6.45) is 2.71. The van der Waals surface area contributed by atoms with Crippen LogP contribution in [0.3, 0.4) is 0 Å². The van der Waals surface area contributed by atoms with Gasteiger partial charge in [0.2, 0.25) is 16.4 Å². The van der Waals surface area contributed by atoms with Gasteiger partial charge in [-0.2, -0.15) is 0 Å². The minimum atomic E-state index is -3.81. The number of nitrogens with zero attached hydrogens (tertiary/aromatic N) is 2. The van der Waals surface area contributed by atoms with E-state index in [1.54, 1.807) is 44.7 Å². The molecule has 0 spiro atoms. The molecule has 42 heavy (non-hydrogen) atoms. The van der Waals surface area contributed by atoms with Gasteiger partial charge in [0.15, 0.2) is 0 Å². The number of fused-ring (bicyclic) bond motifs is 1. The van der Waals surface area contributed by atoms with E-state index >= 15 is 0 Å². The number of halogens is 1. The Morgan fingerprint density at radius 3 is 2.48 bits per heavy atom. The number of hydrogen-bond donors (Lipinski definition) is 3. The van der Waals surface area contributed by atoms with Gasteiger partial charge in [0, 0.05) is 79.0 Å². The molecule has 2 amide bonds. The first-order chi connectivity index (χ1) is 19.5. The highest BCUT2D eigenvalue weighted by molar-refractivity contribution is 8.78. The number of sulfonamides is 1. The van der Waals surface area contributed by atoms with Crippen molar-refractivity contribution in [1.82, 2.24) is 14.9 Å². The zero-order valence-corrected chi connectivity index (χ0v) is 28.2. The number of amides is 2. The second-order valence-electron chi connectivity index (χ2n) is 9.61. The van der Waals surface area contributed by atoms with Crippen molar-refractivity contribution >= 4 is 73.0 Å². The molecule has 0 aliphatic rings. The van der Waals surface area contributed by atoms with Crippen LogP contribution in [0.2, 0.25) is 0 Å².